The highest BCUT2D eigenvalue weighted by Gasteiger charge is 2.67. The molecule has 2 saturated carbocycles. The number of carbonyl (C=O) groups is 2. The lowest BCUT2D eigenvalue weighted by Gasteiger charge is -2.61. The van der Waals surface area contributed by atoms with Crippen LogP contribution in [0, 0.1) is 35.0 Å². The van der Waals surface area contributed by atoms with Gasteiger partial charge in [0.2, 0.25) is 0 Å². The van der Waals surface area contributed by atoms with E-state index in [-0.39, 0.29) is 48.8 Å². The predicted octanol–water partition coefficient (Wildman–Crippen LogP) is 1.33. The molecule has 4 N–H and O–H groups in total. The van der Waals surface area contributed by atoms with E-state index < -0.39 is 35.1 Å². The lowest BCUT2D eigenvalue weighted by Crippen LogP contribution is -2.69. The second kappa shape index (κ2) is 7.54. The Kier molecular flexibility index (Phi) is 6.28. The van der Waals surface area contributed by atoms with E-state index in [4.69, 9.17) is 0 Å². The van der Waals surface area contributed by atoms with Gasteiger partial charge in [0, 0.05) is 30.3 Å². The molecule has 0 aromatic heterocycles. The van der Waals surface area contributed by atoms with Crippen LogP contribution in [0.3, 0.4) is 0 Å². The van der Waals surface area contributed by atoms with Gasteiger partial charge < -0.3 is 20.4 Å². The zero-order chi connectivity index (χ0) is 20.8. The summed E-state index contributed by atoms with van der Waals surface area (Å²) in [5.41, 5.74) is -4.07. The summed E-state index contributed by atoms with van der Waals surface area (Å²) >= 11 is 0. The van der Waals surface area contributed by atoms with E-state index in [1.807, 2.05) is 27.7 Å². The van der Waals surface area contributed by atoms with E-state index in [2.05, 4.69) is 0 Å². The summed E-state index contributed by atoms with van der Waals surface area (Å²) in [6.07, 6.45) is 1.04. The second-order valence-electron chi connectivity index (χ2n) is 9.45. The van der Waals surface area contributed by atoms with Crippen LogP contribution in [0.4, 0.5) is 0 Å². The van der Waals surface area contributed by atoms with Gasteiger partial charge in [-0.25, -0.2) is 0 Å². The normalized spacial score (nSPS) is 46.0. The average Bonchev–Trinajstić information content (AvgIpc) is 2.59. The minimum Gasteiger partial charge on any atom is -0.396 e. The first kappa shape index (κ1) is 22.5. The maximum atomic E-state index is 13.3. The van der Waals surface area contributed by atoms with Gasteiger partial charge in [-0.1, -0.05) is 34.1 Å². The summed E-state index contributed by atoms with van der Waals surface area (Å²) in [5, 5.41) is 41.1. The van der Waals surface area contributed by atoms with Gasteiger partial charge >= 0.3 is 0 Å². The molecule has 0 bridgehead atoms. The van der Waals surface area contributed by atoms with Crippen molar-refractivity contribution in [1.29, 1.82) is 0 Å². The monoisotopic (exact) mass is 384 g/mol. The first-order valence-electron chi connectivity index (χ1n) is 10.1. The van der Waals surface area contributed by atoms with Gasteiger partial charge in [-0.3, -0.25) is 9.59 Å². The van der Waals surface area contributed by atoms with Gasteiger partial charge in [0.1, 0.15) is 11.4 Å². The second-order valence-corrected chi connectivity index (χ2v) is 9.45. The van der Waals surface area contributed by atoms with Crippen LogP contribution in [-0.2, 0) is 9.59 Å². The lowest BCUT2D eigenvalue weighted by atomic mass is 9.42. The van der Waals surface area contributed by atoms with E-state index in [0.717, 1.165) is 0 Å². The summed E-state index contributed by atoms with van der Waals surface area (Å²) in [4.78, 5) is 26.6. The lowest BCUT2D eigenvalue weighted by molar-refractivity contribution is -0.208. The van der Waals surface area contributed by atoms with Gasteiger partial charge in [0.25, 0.3) is 0 Å². The fourth-order valence-corrected chi connectivity index (χ4v) is 6.57. The molecule has 0 aromatic carbocycles. The first-order chi connectivity index (χ1) is 12.4. The van der Waals surface area contributed by atoms with E-state index in [0.29, 0.717) is 12.8 Å². The molecule has 2 aliphatic carbocycles. The van der Waals surface area contributed by atoms with E-state index in [1.54, 1.807) is 0 Å². The maximum Gasteiger partial charge on any atom is 0.167 e. The number of aliphatic hydroxyl groups is 4. The van der Waals surface area contributed by atoms with Crippen molar-refractivity contribution >= 4 is 11.6 Å². The van der Waals surface area contributed by atoms with Gasteiger partial charge in [0.15, 0.2) is 5.78 Å². The largest absolute Gasteiger partial charge is 0.396 e. The number of hydrogen-bond donors (Lipinski definition) is 4. The molecule has 156 valence electrons. The molecule has 0 radical (unpaired) electrons. The molecule has 0 aromatic rings. The number of fused-ring (bicyclic) bond motifs is 1. The molecule has 0 saturated heterocycles. The third-order valence-electron chi connectivity index (χ3n) is 7.58. The molecule has 6 heteroatoms. The van der Waals surface area contributed by atoms with Crippen molar-refractivity contribution in [3.8, 4) is 0 Å². The summed E-state index contributed by atoms with van der Waals surface area (Å²) in [6.45, 7) is 8.43. The number of rotatable bonds is 6. The van der Waals surface area contributed by atoms with Crippen molar-refractivity contribution in [3.63, 3.8) is 0 Å². The zero-order valence-electron chi connectivity index (χ0n) is 17.2. The quantitative estimate of drug-likeness (QED) is 0.549. The van der Waals surface area contributed by atoms with E-state index >= 15 is 0 Å². The Bertz CT molecular complexity index is 587. The molecule has 8 atom stereocenters. The van der Waals surface area contributed by atoms with Crippen LogP contribution in [0.2, 0.25) is 0 Å². The van der Waals surface area contributed by atoms with Crippen molar-refractivity contribution in [2.45, 2.75) is 71.5 Å². The van der Waals surface area contributed by atoms with Crippen LogP contribution in [0.25, 0.3) is 0 Å². The van der Waals surface area contributed by atoms with Gasteiger partial charge in [-0.2, -0.15) is 0 Å². The van der Waals surface area contributed by atoms with Crippen LogP contribution < -0.4 is 0 Å². The van der Waals surface area contributed by atoms with Crippen molar-refractivity contribution < 1.29 is 30.0 Å². The van der Waals surface area contributed by atoms with Crippen molar-refractivity contribution in [2.24, 2.45) is 35.0 Å². The number of carbonyl (C=O) groups excluding carboxylic acids is 2. The SMILES string of the molecule is CC[C@@H](C)[C@@H]1[C@](C)(C(=O)CCO)[C@@H]2[C@H](C)C[C@](O)(CO)C[C@@H]2C(=O)[C@@]1(C)O. The summed E-state index contributed by atoms with van der Waals surface area (Å²) < 4.78 is 0. The third kappa shape index (κ3) is 3.39. The molecule has 0 aliphatic heterocycles. The molecule has 2 rings (SSSR count). The van der Waals surface area contributed by atoms with Crippen LogP contribution in [0.15, 0.2) is 0 Å². The summed E-state index contributed by atoms with van der Waals surface area (Å²) in [6, 6.07) is 0. The Morgan fingerprint density at radius 1 is 1.22 bits per heavy atom. The first-order valence-corrected chi connectivity index (χ1v) is 10.1. The highest BCUT2D eigenvalue weighted by atomic mass is 16.3. The number of ketones is 2. The average molecular weight is 385 g/mol. The summed E-state index contributed by atoms with van der Waals surface area (Å²) in [7, 11) is 0. The predicted molar refractivity (Wildman–Crippen MR) is 101 cm³/mol. The molecular weight excluding hydrogens is 348 g/mol. The topological polar surface area (TPSA) is 115 Å². The van der Waals surface area contributed by atoms with Gasteiger partial charge in [-0.05, 0) is 37.5 Å². The Morgan fingerprint density at radius 2 is 1.81 bits per heavy atom. The maximum absolute atomic E-state index is 13.3. The number of Topliss-reactive ketones (excluding diaryl/α,β-unsaturated/α-hetero) is 2. The highest BCUT2D eigenvalue weighted by molar-refractivity contribution is 5.95. The van der Waals surface area contributed by atoms with Crippen molar-refractivity contribution in [3.05, 3.63) is 0 Å². The molecule has 2 aliphatic rings. The molecule has 0 heterocycles. The minimum absolute atomic E-state index is 0.0199. The molecular formula is C21H36O6. The Morgan fingerprint density at radius 3 is 2.30 bits per heavy atom. The fraction of sp³-hybridized carbons (Fsp3) is 0.905. The molecule has 0 amide bonds. The Hall–Kier alpha value is -0.820. The van der Waals surface area contributed by atoms with Gasteiger partial charge in [0.05, 0.1) is 12.2 Å². The molecule has 0 spiro atoms. The smallest absolute Gasteiger partial charge is 0.167 e. The molecule has 27 heavy (non-hydrogen) atoms. The third-order valence-corrected chi connectivity index (χ3v) is 7.58. The minimum atomic E-state index is -1.70. The molecule has 2 fully saturated rings. The Balaban J connectivity index is 2.67. The van der Waals surface area contributed by atoms with Crippen LogP contribution in [0.5, 0.6) is 0 Å². The van der Waals surface area contributed by atoms with Crippen molar-refractivity contribution in [2.75, 3.05) is 13.2 Å². The van der Waals surface area contributed by atoms with Gasteiger partial charge in [-0.15, -0.1) is 0 Å². The number of hydrogen-bond acceptors (Lipinski definition) is 6. The fourth-order valence-electron chi connectivity index (χ4n) is 6.57. The summed E-state index contributed by atoms with van der Waals surface area (Å²) in [5.74, 6) is -2.33. The van der Waals surface area contributed by atoms with Crippen LogP contribution >= 0.6 is 0 Å². The van der Waals surface area contributed by atoms with Crippen LogP contribution in [-0.4, -0.2) is 56.4 Å². The molecule has 6 nitrogen and oxygen atoms in total. The zero-order valence-corrected chi connectivity index (χ0v) is 17.2. The standard InChI is InChI=1S/C21H36O6/c1-6-12(2)17-19(4,15(24)7-8-22)16-13(3)9-21(27,11-23)10-14(16)18(25)20(17,5)26/h12-14,16-17,22-23,26-27H,6-11H2,1-5H3/t12-,13-,14+,16-,17-,19-,20+,21-/m1/s1. The molecule has 0 unspecified atom stereocenters. The van der Waals surface area contributed by atoms with Crippen LogP contribution in [0.1, 0.15) is 60.3 Å². The highest BCUT2D eigenvalue weighted by Crippen LogP contribution is 2.61. The Labute approximate surface area is 162 Å². The number of aliphatic hydroxyl groups excluding tert-OH is 2. The van der Waals surface area contributed by atoms with Crippen molar-refractivity contribution in [1.82, 2.24) is 0 Å². The van der Waals surface area contributed by atoms with E-state index in [1.165, 1.54) is 6.92 Å². The van der Waals surface area contributed by atoms with E-state index in [9.17, 15) is 30.0 Å².